The summed E-state index contributed by atoms with van der Waals surface area (Å²) in [7, 11) is -3.98. The lowest BCUT2D eigenvalue weighted by molar-refractivity contribution is -0.139. The van der Waals surface area contributed by atoms with E-state index in [4.69, 9.17) is 0 Å². The van der Waals surface area contributed by atoms with Crippen LogP contribution in [0.2, 0.25) is 0 Å². The van der Waals surface area contributed by atoms with Crippen LogP contribution in [0, 0.1) is 5.82 Å². The molecule has 0 unspecified atom stereocenters. The van der Waals surface area contributed by atoms with Gasteiger partial charge in [0.05, 0.1) is 11.9 Å². The summed E-state index contributed by atoms with van der Waals surface area (Å²) in [4.78, 5) is 28.0. The molecule has 190 valence electrons. The number of halogens is 2. The number of nitrogens with one attached hydrogen (secondary N) is 1. The highest BCUT2D eigenvalue weighted by atomic mass is 79.9. The standard InChI is InChI=1S/C25H31BrFN3O4S/c1-18(25(32)28-21-11-4-3-5-12-21)29(16-19-9-8-10-20(26)15-19)24(31)17-30(35(2,33)34)23-14-7-6-13-22(23)27/h6-10,13-15,18,21H,3-5,11-12,16-17H2,1-2H3,(H,28,32)/t18-/m1/s1. The third kappa shape index (κ3) is 7.51. The van der Waals surface area contributed by atoms with Crippen molar-refractivity contribution in [3.05, 3.63) is 64.4 Å². The van der Waals surface area contributed by atoms with Crippen molar-refractivity contribution < 1.29 is 22.4 Å². The van der Waals surface area contributed by atoms with E-state index in [0.717, 1.165) is 58.8 Å². The molecular weight excluding hydrogens is 537 g/mol. The van der Waals surface area contributed by atoms with Gasteiger partial charge in [0.2, 0.25) is 21.8 Å². The normalized spacial score (nSPS) is 15.3. The maximum atomic E-state index is 14.5. The van der Waals surface area contributed by atoms with Crippen LogP contribution in [-0.2, 0) is 26.2 Å². The van der Waals surface area contributed by atoms with E-state index in [0.29, 0.717) is 0 Å². The molecule has 1 aliphatic rings. The third-order valence-electron chi connectivity index (χ3n) is 6.16. The van der Waals surface area contributed by atoms with Gasteiger partial charge in [-0.3, -0.25) is 13.9 Å². The minimum Gasteiger partial charge on any atom is -0.352 e. The van der Waals surface area contributed by atoms with Crippen LogP contribution in [0.25, 0.3) is 0 Å². The van der Waals surface area contributed by atoms with Crippen LogP contribution >= 0.6 is 15.9 Å². The van der Waals surface area contributed by atoms with Crippen LogP contribution in [0.4, 0.5) is 10.1 Å². The van der Waals surface area contributed by atoms with Crippen molar-refractivity contribution in [2.45, 2.75) is 57.7 Å². The molecule has 35 heavy (non-hydrogen) atoms. The highest BCUT2D eigenvalue weighted by molar-refractivity contribution is 9.10. The Morgan fingerprint density at radius 2 is 1.80 bits per heavy atom. The van der Waals surface area contributed by atoms with Crippen molar-refractivity contribution in [3.8, 4) is 0 Å². The van der Waals surface area contributed by atoms with Crippen LogP contribution in [-0.4, -0.2) is 50.0 Å². The first-order valence-corrected chi connectivity index (χ1v) is 14.3. The van der Waals surface area contributed by atoms with E-state index < -0.39 is 34.3 Å². The van der Waals surface area contributed by atoms with Gasteiger partial charge in [0.15, 0.2) is 0 Å². The molecule has 7 nitrogen and oxygen atoms in total. The molecule has 1 fully saturated rings. The van der Waals surface area contributed by atoms with Gasteiger partial charge in [0.1, 0.15) is 18.4 Å². The number of rotatable bonds is 9. The number of sulfonamides is 1. The second-order valence-electron chi connectivity index (χ2n) is 8.89. The number of anilines is 1. The number of nitrogens with zero attached hydrogens (tertiary/aromatic N) is 2. The van der Waals surface area contributed by atoms with E-state index in [1.165, 1.54) is 23.1 Å². The zero-order valence-corrected chi connectivity index (χ0v) is 22.3. The SMILES string of the molecule is C[C@H](C(=O)NC1CCCCC1)N(Cc1cccc(Br)c1)C(=O)CN(c1ccccc1F)S(C)(=O)=O. The highest BCUT2D eigenvalue weighted by Gasteiger charge is 2.31. The Kier molecular flexibility index (Phi) is 9.29. The Morgan fingerprint density at radius 1 is 1.11 bits per heavy atom. The fraction of sp³-hybridized carbons (Fsp3) is 0.440. The van der Waals surface area contributed by atoms with Gasteiger partial charge in [0.25, 0.3) is 0 Å². The van der Waals surface area contributed by atoms with E-state index >= 15 is 0 Å². The summed E-state index contributed by atoms with van der Waals surface area (Å²) in [6, 6.07) is 11.9. The second kappa shape index (κ2) is 12.0. The van der Waals surface area contributed by atoms with Crippen LogP contribution in [0.5, 0.6) is 0 Å². The van der Waals surface area contributed by atoms with Gasteiger partial charge in [0, 0.05) is 17.1 Å². The van der Waals surface area contributed by atoms with Gasteiger partial charge < -0.3 is 10.2 Å². The molecule has 1 saturated carbocycles. The zero-order valence-electron chi connectivity index (χ0n) is 19.9. The number of amides is 2. The molecule has 0 radical (unpaired) electrons. The predicted molar refractivity (Wildman–Crippen MR) is 138 cm³/mol. The summed E-state index contributed by atoms with van der Waals surface area (Å²) in [6.45, 7) is 1.09. The van der Waals surface area contributed by atoms with Crippen molar-refractivity contribution in [3.63, 3.8) is 0 Å². The number of hydrogen-bond donors (Lipinski definition) is 1. The molecule has 2 aromatic carbocycles. The van der Waals surface area contributed by atoms with E-state index in [9.17, 15) is 22.4 Å². The number of para-hydroxylation sites is 1. The number of benzene rings is 2. The van der Waals surface area contributed by atoms with Crippen molar-refractivity contribution in [1.29, 1.82) is 0 Å². The molecular formula is C25H31BrFN3O4S. The largest absolute Gasteiger partial charge is 0.352 e. The summed E-state index contributed by atoms with van der Waals surface area (Å²) >= 11 is 3.41. The summed E-state index contributed by atoms with van der Waals surface area (Å²) < 4.78 is 41.0. The molecule has 0 aromatic heterocycles. The van der Waals surface area contributed by atoms with Gasteiger partial charge in [-0.1, -0.05) is 59.5 Å². The fourth-order valence-electron chi connectivity index (χ4n) is 4.23. The summed E-state index contributed by atoms with van der Waals surface area (Å²) in [5.41, 5.74) is 0.548. The average Bonchev–Trinajstić information content (AvgIpc) is 2.81. The predicted octanol–water partition coefficient (Wildman–Crippen LogP) is 4.22. The number of hydrogen-bond acceptors (Lipinski definition) is 4. The lowest BCUT2D eigenvalue weighted by Gasteiger charge is -2.33. The van der Waals surface area contributed by atoms with E-state index in [-0.39, 0.29) is 24.2 Å². The Bertz CT molecular complexity index is 1150. The van der Waals surface area contributed by atoms with Crippen LogP contribution in [0.15, 0.2) is 53.0 Å². The van der Waals surface area contributed by atoms with E-state index in [1.54, 1.807) is 6.92 Å². The Morgan fingerprint density at radius 3 is 2.43 bits per heavy atom. The Labute approximate surface area is 214 Å². The molecule has 3 rings (SSSR count). The molecule has 0 saturated heterocycles. The van der Waals surface area contributed by atoms with E-state index in [1.807, 2.05) is 24.3 Å². The molecule has 0 heterocycles. The van der Waals surface area contributed by atoms with Crippen molar-refractivity contribution in [1.82, 2.24) is 10.2 Å². The number of carbonyl (C=O) groups excluding carboxylic acids is 2. The molecule has 1 atom stereocenters. The topological polar surface area (TPSA) is 86.8 Å². The summed E-state index contributed by atoms with van der Waals surface area (Å²) in [6.07, 6.45) is 5.95. The van der Waals surface area contributed by atoms with Crippen molar-refractivity contribution >= 4 is 43.5 Å². The highest BCUT2D eigenvalue weighted by Crippen LogP contribution is 2.23. The first kappa shape index (κ1) is 27.1. The number of carbonyl (C=O) groups is 2. The Balaban J connectivity index is 1.88. The maximum absolute atomic E-state index is 14.5. The summed E-state index contributed by atoms with van der Waals surface area (Å²) in [5, 5.41) is 3.04. The van der Waals surface area contributed by atoms with E-state index in [2.05, 4.69) is 21.2 Å². The fourth-order valence-corrected chi connectivity index (χ4v) is 5.53. The molecule has 0 bridgehead atoms. The van der Waals surface area contributed by atoms with Crippen molar-refractivity contribution in [2.24, 2.45) is 0 Å². The molecule has 2 aromatic rings. The molecule has 1 N–H and O–H groups in total. The molecule has 10 heteroatoms. The monoisotopic (exact) mass is 567 g/mol. The van der Waals surface area contributed by atoms with Crippen LogP contribution in [0.3, 0.4) is 0 Å². The van der Waals surface area contributed by atoms with Crippen LogP contribution < -0.4 is 9.62 Å². The molecule has 0 spiro atoms. The third-order valence-corrected chi connectivity index (χ3v) is 7.78. The van der Waals surface area contributed by atoms with Gasteiger partial charge in [-0.25, -0.2) is 12.8 Å². The minimum atomic E-state index is -3.98. The zero-order chi connectivity index (χ0) is 25.6. The second-order valence-corrected chi connectivity index (χ2v) is 11.7. The first-order valence-electron chi connectivity index (χ1n) is 11.6. The van der Waals surface area contributed by atoms with Crippen LogP contribution in [0.1, 0.15) is 44.6 Å². The molecule has 0 aliphatic heterocycles. The Hall–Kier alpha value is -2.46. The average molecular weight is 569 g/mol. The van der Waals surface area contributed by atoms with Crippen molar-refractivity contribution in [2.75, 3.05) is 17.1 Å². The lowest BCUT2D eigenvalue weighted by atomic mass is 9.95. The summed E-state index contributed by atoms with van der Waals surface area (Å²) in [5.74, 6) is -1.66. The van der Waals surface area contributed by atoms with Gasteiger partial charge in [-0.05, 0) is 49.6 Å². The lowest BCUT2D eigenvalue weighted by Crippen LogP contribution is -2.53. The smallest absolute Gasteiger partial charge is 0.244 e. The quantitative estimate of drug-likeness (QED) is 0.491. The van der Waals surface area contributed by atoms with Gasteiger partial charge in [-0.15, -0.1) is 0 Å². The van der Waals surface area contributed by atoms with Gasteiger partial charge in [-0.2, -0.15) is 0 Å². The first-order chi connectivity index (χ1) is 16.6. The minimum absolute atomic E-state index is 0.0625. The maximum Gasteiger partial charge on any atom is 0.244 e. The molecule has 2 amide bonds. The molecule has 1 aliphatic carbocycles. The van der Waals surface area contributed by atoms with Gasteiger partial charge >= 0.3 is 0 Å².